The largest absolute Gasteiger partial charge is 0.390 e. The zero-order chi connectivity index (χ0) is 21.4. The maximum Gasteiger partial charge on any atom is 0.255 e. The summed E-state index contributed by atoms with van der Waals surface area (Å²) in [6, 6.07) is 4.08. The highest BCUT2D eigenvalue weighted by atomic mass is 16.3. The van der Waals surface area contributed by atoms with E-state index < -0.39 is 5.60 Å². The Labute approximate surface area is 183 Å². The SMILES string of the molecule is CC1C[C@@H]2C[C@@](O)(CC[C@H]2Nc2c(C(=O)NCc3cccnc3)cnc3c2CCN3)C1. The van der Waals surface area contributed by atoms with E-state index in [1.54, 1.807) is 18.6 Å². The van der Waals surface area contributed by atoms with Crippen LogP contribution in [-0.2, 0) is 13.0 Å². The van der Waals surface area contributed by atoms with E-state index in [1.807, 2.05) is 12.1 Å². The first kappa shape index (κ1) is 20.2. The first-order valence-electron chi connectivity index (χ1n) is 11.4. The van der Waals surface area contributed by atoms with E-state index in [0.717, 1.165) is 67.7 Å². The molecule has 4 atom stereocenters. The molecule has 1 aliphatic heterocycles. The van der Waals surface area contributed by atoms with Crippen LogP contribution in [0.2, 0.25) is 0 Å². The molecule has 2 fully saturated rings. The van der Waals surface area contributed by atoms with Crippen molar-refractivity contribution in [3.05, 3.63) is 47.4 Å². The van der Waals surface area contributed by atoms with Crippen molar-refractivity contribution in [1.29, 1.82) is 0 Å². The summed E-state index contributed by atoms with van der Waals surface area (Å²) >= 11 is 0. The number of carbonyl (C=O) groups is 1. The molecule has 2 aliphatic carbocycles. The number of anilines is 2. The highest BCUT2D eigenvalue weighted by Crippen LogP contribution is 2.46. The average molecular weight is 422 g/mol. The molecule has 3 heterocycles. The van der Waals surface area contributed by atoms with Gasteiger partial charge in [0.25, 0.3) is 5.91 Å². The molecular weight excluding hydrogens is 390 g/mol. The molecule has 164 valence electrons. The number of carbonyl (C=O) groups excluding carboxylic acids is 1. The Balaban J connectivity index is 1.39. The lowest BCUT2D eigenvalue weighted by molar-refractivity contribution is -0.0678. The van der Waals surface area contributed by atoms with E-state index >= 15 is 0 Å². The van der Waals surface area contributed by atoms with Crippen LogP contribution in [0.1, 0.15) is 60.5 Å². The smallest absolute Gasteiger partial charge is 0.255 e. The van der Waals surface area contributed by atoms with Crippen LogP contribution >= 0.6 is 0 Å². The lowest BCUT2D eigenvalue weighted by atomic mass is 9.64. The van der Waals surface area contributed by atoms with Crippen molar-refractivity contribution in [3.8, 4) is 0 Å². The number of pyridine rings is 2. The van der Waals surface area contributed by atoms with Gasteiger partial charge >= 0.3 is 0 Å². The van der Waals surface area contributed by atoms with Crippen molar-refractivity contribution in [1.82, 2.24) is 15.3 Å². The maximum atomic E-state index is 13.1. The molecule has 2 saturated carbocycles. The van der Waals surface area contributed by atoms with Gasteiger partial charge in [-0.25, -0.2) is 4.98 Å². The average Bonchev–Trinajstić information content (AvgIpc) is 3.23. The summed E-state index contributed by atoms with van der Waals surface area (Å²) in [7, 11) is 0. The molecule has 1 amide bonds. The van der Waals surface area contributed by atoms with Gasteiger partial charge in [0.15, 0.2) is 0 Å². The summed E-state index contributed by atoms with van der Waals surface area (Å²) in [6.07, 6.45) is 10.6. The van der Waals surface area contributed by atoms with Gasteiger partial charge in [-0.3, -0.25) is 9.78 Å². The summed E-state index contributed by atoms with van der Waals surface area (Å²) in [4.78, 5) is 21.7. The first-order valence-corrected chi connectivity index (χ1v) is 11.4. The second-order valence-electron chi connectivity index (χ2n) is 9.62. The summed E-state index contributed by atoms with van der Waals surface area (Å²) < 4.78 is 0. The third-order valence-corrected chi connectivity index (χ3v) is 7.16. The molecule has 3 aliphatic rings. The third-order valence-electron chi connectivity index (χ3n) is 7.16. The van der Waals surface area contributed by atoms with Crippen LogP contribution < -0.4 is 16.0 Å². The summed E-state index contributed by atoms with van der Waals surface area (Å²) in [5, 5.41) is 21.0. The Kier molecular flexibility index (Phi) is 5.30. The molecule has 2 aromatic rings. The van der Waals surface area contributed by atoms with Gasteiger partial charge in [-0.15, -0.1) is 0 Å². The zero-order valence-electron chi connectivity index (χ0n) is 18.0. The van der Waals surface area contributed by atoms with Crippen LogP contribution in [0.3, 0.4) is 0 Å². The summed E-state index contributed by atoms with van der Waals surface area (Å²) in [6.45, 7) is 3.51. The zero-order valence-corrected chi connectivity index (χ0v) is 18.0. The lowest BCUT2D eigenvalue weighted by Gasteiger charge is -2.48. The molecule has 4 N–H and O–H groups in total. The van der Waals surface area contributed by atoms with Crippen LogP contribution in [-0.4, -0.2) is 39.2 Å². The van der Waals surface area contributed by atoms with Gasteiger partial charge in [0.2, 0.25) is 0 Å². The van der Waals surface area contributed by atoms with Gasteiger partial charge < -0.3 is 21.1 Å². The number of aromatic nitrogens is 2. The number of aliphatic hydroxyl groups is 1. The minimum atomic E-state index is -0.508. The minimum Gasteiger partial charge on any atom is -0.390 e. The Bertz CT molecular complexity index is 966. The van der Waals surface area contributed by atoms with Crippen molar-refractivity contribution < 1.29 is 9.90 Å². The van der Waals surface area contributed by atoms with Crippen LogP contribution in [0.25, 0.3) is 0 Å². The van der Waals surface area contributed by atoms with E-state index in [-0.39, 0.29) is 11.9 Å². The van der Waals surface area contributed by atoms with Gasteiger partial charge in [0, 0.05) is 43.3 Å². The Hall–Kier alpha value is -2.67. The number of rotatable bonds is 5. The van der Waals surface area contributed by atoms with Crippen molar-refractivity contribution in [2.75, 3.05) is 17.2 Å². The fraction of sp³-hybridized carbons (Fsp3) is 0.542. The van der Waals surface area contributed by atoms with Crippen LogP contribution in [0, 0.1) is 11.8 Å². The molecule has 0 saturated heterocycles. The molecule has 7 heteroatoms. The van der Waals surface area contributed by atoms with Gasteiger partial charge in [-0.1, -0.05) is 13.0 Å². The van der Waals surface area contributed by atoms with Crippen LogP contribution in [0.15, 0.2) is 30.7 Å². The summed E-state index contributed by atoms with van der Waals surface area (Å²) in [5.41, 5.74) is 3.05. The molecule has 0 spiro atoms. The van der Waals surface area contributed by atoms with E-state index in [0.29, 0.717) is 23.9 Å². The maximum absolute atomic E-state index is 13.1. The normalized spacial score (nSPS) is 29.0. The third kappa shape index (κ3) is 4.11. The number of hydrogen-bond acceptors (Lipinski definition) is 6. The highest BCUT2D eigenvalue weighted by molar-refractivity contribution is 6.01. The topological polar surface area (TPSA) is 99.2 Å². The fourth-order valence-electron chi connectivity index (χ4n) is 5.82. The monoisotopic (exact) mass is 421 g/mol. The Morgan fingerprint density at radius 2 is 2.26 bits per heavy atom. The van der Waals surface area contributed by atoms with Crippen molar-refractivity contribution in [3.63, 3.8) is 0 Å². The molecule has 5 rings (SSSR count). The van der Waals surface area contributed by atoms with E-state index in [9.17, 15) is 9.90 Å². The number of nitrogens with one attached hydrogen (secondary N) is 3. The van der Waals surface area contributed by atoms with Crippen molar-refractivity contribution >= 4 is 17.4 Å². The van der Waals surface area contributed by atoms with Gasteiger partial charge in [-0.2, -0.15) is 0 Å². The Morgan fingerprint density at radius 1 is 1.35 bits per heavy atom. The molecule has 1 unspecified atom stereocenters. The lowest BCUT2D eigenvalue weighted by Crippen LogP contribution is -2.49. The molecule has 0 aromatic carbocycles. The van der Waals surface area contributed by atoms with Crippen molar-refractivity contribution in [2.24, 2.45) is 11.8 Å². The predicted octanol–water partition coefficient (Wildman–Crippen LogP) is 3.12. The number of hydrogen-bond donors (Lipinski definition) is 4. The second-order valence-corrected chi connectivity index (χ2v) is 9.62. The molecule has 7 nitrogen and oxygen atoms in total. The molecular formula is C24H31N5O2. The highest BCUT2D eigenvalue weighted by Gasteiger charge is 2.45. The fourth-order valence-corrected chi connectivity index (χ4v) is 5.82. The second kappa shape index (κ2) is 8.11. The number of fused-ring (bicyclic) bond motifs is 3. The van der Waals surface area contributed by atoms with Gasteiger partial charge in [0.1, 0.15) is 5.82 Å². The number of amides is 1. The number of nitrogens with zero attached hydrogens (tertiary/aromatic N) is 2. The molecule has 0 radical (unpaired) electrons. The van der Waals surface area contributed by atoms with Gasteiger partial charge in [-0.05, 0) is 62.0 Å². The quantitative estimate of drug-likeness (QED) is 0.592. The molecule has 31 heavy (non-hydrogen) atoms. The van der Waals surface area contributed by atoms with Crippen LogP contribution in [0.4, 0.5) is 11.5 Å². The summed E-state index contributed by atoms with van der Waals surface area (Å²) in [5.74, 6) is 1.70. The van der Waals surface area contributed by atoms with E-state index in [4.69, 9.17) is 0 Å². The molecule has 2 aromatic heterocycles. The van der Waals surface area contributed by atoms with E-state index in [2.05, 4.69) is 32.8 Å². The predicted molar refractivity (Wildman–Crippen MR) is 120 cm³/mol. The minimum absolute atomic E-state index is 0.127. The van der Waals surface area contributed by atoms with Crippen molar-refractivity contribution in [2.45, 2.75) is 63.6 Å². The molecule has 2 bridgehead atoms. The van der Waals surface area contributed by atoms with Crippen LogP contribution in [0.5, 0.6) is 0 Å². The van der Waals surface area contributed by atoms with E-state index in [1.165, 1.54) is 0 Å². The standard InChI is InChI=1S/C24H31N5O2/c1-15-9-17-11-24(31,10-15)6-4-20(17)29-21-18-5-8-26-22(18)27-14-19(21)23(30)28-13-16-3-2-7-25-12-16/h2-3,7,12,14-15,17,20,31H,4-6,8-11,13H2,1H3,(H,28,30)(H2,26,27,29)/t15?,17-,20-,24-/m1/s1. The Morgan fingerprint density at radius 3 is 3.10 bits per heavy atom. The first-order chi connectivity index (χ1) is 15.0. The van der Waals surface area contributed by atoms with Gasteiger partial charge in [0.05, 0.1) is 16.9 Å².